The van der Waals surface area contributed by atoms with Crippen molar-refractivity contribution in [1.29, 1.82) is 0 Å². The van der Waals surface area contributed by atoms with Gasteiger partial charge >= 0.3 is 0 Å². The van der Waals surface area contributed by atoms with E-state index in [1.165, 1.54) is 0 Å². The molecule has 4 rings (SSSR count). The molecule has 2 aliphatic heterocycles. The van der Waals surface area contributed by atoms with Crippen LogP contribution < -0.4 is 4.74 Å². The molecule has 1 amide bonds. The van der Waals surface area contributed by atoms with E-state index in [-0.39, 0.29) is 17.9 Å². The minimum Gasteiger partial charge on any atom is -0.437 e. The number of para-hydroxylation sites is 1. The summed E-state index contributed by atoms with van der Waals surface area (Å²) in [7, 11) is 0. The number of hydrogen-bond acceptors (Lipinski definition) is 5. The molecule has 0 aliphatic carbocycles. The molecule has 136 valence electrons. The average Bonchev–Trinajstić information content (AvgIpc) is 3.24. The normalized spacial score (nSPS) is 20.9. The van der Waals surface area contributed by atoms with Gasteiger partial charge in [-0.05, 0) is 37.8 Å². The minimum absolute atomic E-state index is 0.140. The molecular weight excluding hydrogens is 330 g/mol. The molecule has 0 radical (unpaired) electrons. The summed E-state index contributed by atoms with van der Waals surface area (Å²) >= 11 is 0. The number of carbonyl (C=O) groups is 1. The van der Waals surface area contributed by atoms with Crippen molar-refractivity contribution in [3.63, 3.8) is 0 Å². The highest BCUT2D eigenvalue weighted by molar-refractivity contribution is 5.81. The first kappa shape index (κ1) is 17.0. The molecular formula is C20H23N3O3. The van der Waals surface area contributed by atoms with Crippen molar-refractivity contribution >= 4 is 5.91 Å². The van der Waals surface area contributed by atoms with Crippen LogP contribution in [0.4, 0.5) is 0 Å². The van der Waals surface area contributed by atoms with Gasteiger partial charge in [-0.2, -0.15) is 0 Å². The van der Waals surface area contributed by atoms with E-state index in [2.05, 4.69) is 9.97 Å². The molecule has 0 saturated carbocycles. The van der Waals surface area contributed by atoms with Crippen LogP contribution in [0.5, 0.6) is 11.6 Å². The number of amides is 1. The quantitative estimate of drug-likeness (QED) is 0.845. The third-order valence-electron chi connectivity index (χ3n) is 5.05. The van der Waals surface area contributed by atoms with Crippen molar-refractivity contribution < 1.29 is 14.3 Å². The van der Waals surface area contributed by atoms with Gasteiger partial charge in [0.15, 0.2) is 0 Å². The number of rotatable bonds is 4. The molecule has 6 heteroatoms. The summed E-state index contributed by atoms with van der Waals surface area (Å²) in [4.78, 5) is 23.3. The van der Waals surface area contributed by atoms with E-state index in [9.17, 15) is 4.79 Å². The molecule has 2 saturated heterocycles. The van der Waals surface area contributed by atoms with Crippen LogP contribution in [0.3, 0.4) is 0 Å². The highest BCUT2D eigenvalue weighted by atomic mass is 16.5. The Morgan fingerprint density at radius 1 is 1.08 bits per heavy atom. The monoisotopic (exact) mass is 353 g/mol. The van der Waals surface area contributed by atoms with E-state index < -0.39 is 0 Å². The summed E-state index contributed by atoms with van der Waals surface area (Å²) in [6.45, 7) is 2.15. The largest absolute Gasteiger partial charge is 0.437 e. The van der Waals surface area contributed by atoms with Gasteiger partial charge < -0.3 is 14.4 Å². The van der Waals surface area contributed by atoms with Crippen LogP contribution in [0, 0.1) is 0 Å². The van der Waals surface area contributed by atoms with Gasteiger partial charge in [-0.15, -0.1) is 0 Å². The molecule has 26 heavy (non-hydrogen) atoms. The van der Waals surface area contributed by atoms with Gasteiger partial charge in [0.25, 0.3) is 5.91 Å². The van der Waals surface area contributed by atoms with Gasteiger partial charge in [0.2, 0.25) is 5.88 Å². The number of benzene rings is 1. The number of likely N-dealkylation sites (tertiary alicyclic amines) is 1. The van der Waals surface area contributed by atoms with Crippen LogP contribution in [0.25, 0.3) is 0 Å². The molecule has 1 aromatic heterocycles. The lowest BCUT2D eigenvalue weighted by Gasteiger charge is -2.33. The lowest BCUT2D eigenvalue weighted by Crippen LogP contribution is -2.43. The van der Waals surface area contributed by atoms with Gasteiger partial charge in [0.05, 0.1) is 0 Å². The maximum atomic E-state index is 12.5. The summed E-state index contributed by atoms with van der Waals surface area (Å²) in [5, 5.41) is 0. The standard InChI is InChI=1S/C20H23N3O3/c24-20(17-7-4-14-25-17)23-12-8-15(9-13-23)18-19(22-11-10-21-18)26-16-5-2-1-3-6-16/h1-3,5-6,10-11,15,17H,4,7-9,12-14H2. The summed E-state index contributed by atoms with van der Waals surface area (Å²) in [5.41, 5.74) is 0.876. The highest BCUT2D eigenvalue weighted by Crippen LogP contribution is 2.33. The number of ether oxygens (including phenoxy) is 2. The fourth-order valence-corrected chi connectivity index (χ4v) is 3.64. The van der Waals surface area contributed by atoms with Gasteiger partial charge in [0.1, 0.15) is 17.5 Å². The second kappa shape index (κ2) is 7.83. The number of nitrogens with zero attached hydrogens (tertiary/aromatic N) is 3. The lowest BCUT2D eigenvalue weighted by molar-refractivity contribution is -0.142. The number of hydrogen-bond donors (Lipinski definition) is 0. The van der Waals surface area contributed by atoms with Crippen molar-refractivity contribution in [3.8, 4) is 11.6 Å². The molecule has 1 aromatic carbocycles. The number of piperidine rings is 1. The van der Waals surface area contributed by atoms with E-state index in [4.69, 9.17) is 9.47 Å². The first-order chi connectivity index (χ1) is 12.8. The molecule has 3 heterocycles. The smallest absolute Gasteiger partial charge is 0.251 e. The van der Waals surface area contributed by atoms with Crippen molar-refractivity contribution in [2.45, 2.75) is 37.7 Å². The highest BCUT2D eigenvalue weighted by Gasteiger charge is 2.32. The Morgan fingerprint density at radius 3 is 2.58 bits per heavy atom. The Hall–Kier alpha value is -2.47. The van der Waals surface area contributed by atoms with Crippen molar-refractivity contribution in [3.05, 3.63) is 48.4 Å². The van der Waals surface area contributed by atoms with Crippen molar-refractivity contribution in [1.82, 2.24) is 14.9 Å². The molecule has 1 unspecified atom stereocenters. The summed E-state index contributed by atoms with van der Waals surface area (Å²) < 4.78 is 11.5. The Labute approximate surface area is 153 Å². The molecule has 6 nitrogen and oxygen atoms in total. The average molecular weight is 353 g/mol. The van der Waals surface area contributed by atoms with E-state index in [1.54, 1.807) is 12.4 Å². The molecule has 0 spiro atoms. The van der Waals surface area contributed by atoms with E-state index >= 15 is 0 Å². The molecule has 2 fully saturated rings. The van der Waals surface area contributed by atoms with Crippen LogP contribution in [0.15, 0.2) is 42.7 Å². The SMILES string of the molecule is O=C(C1CCCO1)N1CCC(c2nccnc2Oc2ccccc2)CC1. The maximum Gasteiger partial charge on any atom is 0.251 e. The van der Waals surface area contributed by atoms with Crippen LogP contribution in [-0.2, 0) is 9.53 Å². The molecule has 2 aromatic rings. The van der Waals surface area contributed by atoms with Crippen molar-refractivity contribution in [2.75, 3.05) is 19.7 Å². The Balaban J connectivity index is 1.42. The summed E-state index contributed by atoms with van der Waals surface area (Å²) in [6.07, 6.45) is 6.67. The van der Waals surface area contributed by atoms with E-state index in [0.717, 1.165) is 50.2 Å². The van der Waals surface area contributed by atoms with Gasteiger partial charge in [-0.3, -0.25) is 9.78 Å². The van der Waals surface area contributed by atoms with Crippen molar-refractivity contribution in [2.24, 2.45) is 0 Å². The zero-order valence-electron chi connectivity index (χ0n) is 14.7. The van der Waals surface area contributed by atoms with Crippen LogP contribution in [0.1, 0.15) is 37.3 Å². The zero-order chi connectivity index (χ0) is 17.8. The molecule has 0 N–H and O–H groups in total. The molecule has 1 atom stereocenters. The van der Waals surface area contributed by atoms with Crippen LogP contribution in [-0.4, -0.2) is 46.6 Å². The number of aromatic nitrogens is 2. The van der Waals surface area contributed by atoms with E-state index in [0.29, 0.717) is 12.5 Å². The fourth-order valence-electron chi connectivity index (χ4n) is 3.64. The third-order valence-corrected chi connectivity index (χ3v) is 5.05. The molecule has 2 aliphatic rings. The second-order valence-corrected chi connectivity index (χ2v) is 6.76. The number of carbonyl (C=O) groups excluding carboxylic acids is 1. The Kier molecular flexibility index (Phi) is 5.11. The fraction of sp³-hybridized carbons (Fsp3) is 0.450. The Bertz CT molecular complexity index is 739. The lowest BCUT2D eigenvalue weighted by atomic mass is 9.93. The van der Waals surface area contributed by atoms with Gasteiger partial charge in [-0.25, -0.2) is 4.98 Å². The van der Waals surface area contributed by atoms with Gasteiger partial charge in [0, 0.05) is 38.0 Å². The summed E-state index contributed by atoms with van der Waals surface area (Å²) in [5.74, 6) is 1.69. The topological polar surface area (TPSA) is 64.5 Å². The Morgan fingerprint density at radius 2 is 1.85 bits per heavy atom. The van der Waals surface area contributed by atoms with Gasteiger partial charge in [-0.1, -0.05) is 18.2 Å². The minimum atomic E-state index is -0.236. The first-order valence-corrected chi connectivity index (χ1v) is 9.25. The maximum absolute atomic E-state index is 12.5. The second-order valence-electron chi connectivity index (χ2n) is 6.76. The van der Waals surface area contributed by atoms with Crippen LogP contribution in [0.2, 0.25) is 0 Å². The molecule has 0 bridgehead atoms. The predicted molar refractivity (Wildman–Crippen MR) is 96.1 cm³/mol. The summed E-state index contributed by atoms with van der Waals surface area (Å²) in [6, 6.07) is 9.62. The zero-order valence-corrected chi connectivity index (χ0v) is 14.7. The van der Waals surface area contributed by atoms with Crippen LogP contribution >= 0.6 is 0 Å². The predicted octanol–water partition coefficient (Wildman–Crippen LogP) is 3.15. The first-order valence-electron chi connectivity index (χ1n) is 9.25. The van der Waals surface area contributed by atoms with E-state index in [1.807, 2.05) is 35.2 Å². The third kappa shape index (κ3) is 3.70.